The Labute approximate surface area is 74.6 Å². The molecule has 0 aromatic rings. The summed E-state index contributed by atoms with van der Waals surface area (Å²) in [4.78, 5) is 0. The van der Waals surface area contributed by atoms with Gasteiger partial charge in [-0.3, -0.25) is 0 Å². The second-order valence-corrected chi connectivity index (χ2v) is 4.22. The van der Waals surface area contributed by atoms with Gasteiger partial charge in [0, 0.05) is 12.3 Å². The van der Waals surface area contributed by atoms with Crippen LogP contribution in [-0.2, 0) is 9.47 Å². The Morgan fingerprint density at radius 1 is 1.50 bits per heavy atom. The van der Waals surface area contributed by atoms with Crippen LogP contribution in [0.5, 0.6) is 0 Å². The van der Waals surface area contributed by atoms with E-state index in [0.29, 0.717) is 5.92 Å². The van der Waals surface area contributed by atoms with E-state index in [1.807, 2.05) is 26.8 Å². The third-order valence-corrected chi connectivity index (χ3v) is 1.81. The van der Waals surface area contributed by atoms with Crippen molar-refractivity contribution in [1.82, 2.24) is 0 Å². The molecule has 0 spiro atoms. The lowest BCUT2D eigenvalue weighted by molar-refractivity contribution is -0.171. The van der Waals surface area contributed by atoms with Gasteiger partial charge in [-0.25, -0.2) is 0 Å². The largest absolute Gasteiger partial charge is 0.352 e. The molecule has 70 valence electrons. The van der Waals surface area contributed by atoms with Crippen LogP contribution < -0.4 is 0 Å². The van der Waals surface area contributed by atoms with E-state index in [1.165, 1.54) is 0 Å². The van der Waals surface area contributed by atoms with Crippen LogP contribution in [0.3, 0.4) is 0 Å². The molecule has 0 unspecified atom stereocenters. The fraction of sp³-hybridized carbons (Fsp3) is 0.800. The monoisotopic (exact) mass is 170 g/mol. The maximum atomic E-state index is 5.66. The summed E-state index contributed by atoms with van der Waals surface area (Å²) in [7, 11) is 0. The zero-order chi connectivity index (χ0) is 9.19. The average Bonchev–Trinajstić information content (AvgIpc) is 2.32. The highest BCUT2D eigenvalue weighted by atomic mass is 16.7. The number of ether oxygens (including phenoxy) is 2. The Morgan fingerprint density at radius 3 is 2.58 bits per heavy atom. The zero-order valence-corrected chi connectivity index (χ0v) is 8.17. The predicted molar refractivity (Wildman–Crippen MR) is 48.9 cm³/mol. The summed E-state index contributed by atoms with van der Waals surface area (Å²) in [6.07, 6.45) is 2.85. The first kappa shape index (κ1) is 9.75. The standard InChI is InChI=1S/C10H18O2/c1-5-8-6-9(11-7-8)12-10(2,3)4/h5,8-9H,1,6-7H2,2-4H3/t8-,9+/m0/s1. The quantitative estimate of drug-likeness (QED) is 0.592. The molecular formula is C10H18O2. The molecule has 0 bridgehead atoms. The van der Waals surface area contributed by atoms with Crippen molar-refractivity contribution >= 4 is 0 Å². The van der Waals surface area contributed by atoms with Crippen molar-refractivity contribution in [2.45, 2.75) is 39.1 Å². The van der Waals surface area contributed by atoms with Gasteiger partial charge in [0.15, 0.2) is 6.29 Å². The van der Waals surface area contributed by atoms with E-state index < -0.39 is 0 Å². The van der Waals surface area contributed by atoms with Gasteiger partial charge in [0.1, 0.15) is 0 Å². The van der Waals surface area contributed by atoms with Crippen molar-refractivity contribution in [1.29, 1.82) is 0 Å². The Bertz CT molecular complexity index is 158. The lowest BCUT2D eigenvalue weighted by Gasteiger charge is -2.23. The van der Waals surface area contributed by atoms with Crippen molar-refractivity contribution in [2.75, 3.05) is 6.61 Å². The second kappa shape index (κ2) is 3.58. The average molecular weight is 170 g/mol. The number of hydrogen-bond acceptors (Lipinski definition) is 2. The molecule has 0 saturated carbocycles. The van der Waals surface area contributed by atoms with Crippen LogP contribution >= 0.6 is 0 Å². The zero-order valence-electron chi connectivity index (χ0n) is 8.17. The fourth-order valence-electron chi connectivity index (χ4n) is 1.25. The summed E-state index contributed by atoms with van der Waals surface area (Å²) in [5.41, 5.74) is -0.110. The van der Waals surface area contributed by atoms with Crippen LogP contribution in [0.4, 0.5) is 0 Å². The molecule has 0 N–H and O–H groups in total. The third-order valence-electron chi connectivity index (χ3n) is 1.81. The Hall–Kier alpha value is -0.340. The minimum Gasteiger partial charge on any atom is -0.352 e. The predicted octanol–water partition coefficient (Wildman–Crippen LogP) is 2.35. The molecule has 0 radical (unpaired) electrons. The van der Waals surface area contributed by atoms with Gasteiger partial charge < -0.3 is 9.47 Å². The molecule has 0 aromatic heterocycles. The molecule has 1 fully saturated rings. The smallest absolute Gasteiger partial charge is 0.158 e. The summed E-state index contributed by atoms with van der Waals surface area (Å²) in [6.45, 7) is 10.6. The van der Waals surface area contributed by atoms with Gasteiger partial charge in [-0.15, -0.1) is 6.58 Å². The van der Waals surface area contributed by atoms with Crippen molar-refractivity contribution in [3.8, 4) is 0 Å². The van der Waals surface area contributed by atoms with E-state index in [-0.39, 0.29) is 11.9 Å². The summed E-state index contributed by atoms with van der Waals surface area (Å²) < 4.78 is 11.1. The topological polar surface area (TPSA) is 18.5 Å². The number of hydrogen-bond donors (Lipinski definition) is 0. The van der Waals surface area contributed by atoms with Gasteiger partial charge in [0.2, 0.25) is 0 Å². The minimum atomic E-state index is -0.110. The first-order valence-electron chi connectivity index (χ1n) is 4.43. The van der Waals surface area contributed by atoms with Gasteiger partial charge in [-0.05, 0) is 20.8 Å². The highest BCUT2D eigenvalue weighted by Crippen LogP contribution is 2.24. The maximum Gasteiger partial charge on any atom is 0.158 e. The van der Waals surface area contributed by atoms with Crippen molar-refractivity contribution in [3.63, 3.8) is 0 Å². The van der Waals surface area contributed by atoms with Gasteiger partial charge >= 0.3 is 0 Å². The molecule has 1 aliphatic heterocycles. The molecular weight excluding hydrogens is 152 g/mol. The Balaban J connectivity index is 2.33. The minimum absolute atomic E-state index is 0.0343. The van der Waals surface area contributed by atoms with Crippen LogP contribution in [0.1, 0.15) is 27.2 Å². The molecule has 12 heavy (non-hydrogen) atoms. The van der Waals surface area contributed by atoms with Crippen LogP contribution in [0.15, 0.2) is 12.7 Å². The summed E-state index contributed by atoms with van der Waals surface area (Å²) in [5.74, 6) is 0.470. The molecule has 2 atom stereocenters. The van der Waals surface area contributed by atoms with E-state index >= 15 is 0 Å². The highest BCUT2D eigenvalue weighted by Gasteiger charge is 2.27. The Kier molecular flexibility index (Phi) is 2.91. The lowest BCUT2D eigenvalue weighted by atomic mass is 10.1. The van der Waals surface area contributed by atoms with Gasteiger partial charge in [0.25, 0.3) is 0 Å². The molecule has 1 saturated heterocycles. The second-order valence-electron chi connectivity index (χ2n) is 4.22. The molecule has 1 heterocycles. The first-order valence-corrected chi connectivity index (χ1v) is 4.43. The van der Waals surface area contributed by atoms with Gasteiger partial charge in [-0.1, -0.05) is 6.08 Å². The SMILES string of the molecule is C=C[C@@H]1CO[C@H](OC(C)(C)C)C1. The van der Waals surface area contributed by atoms with Crippen molar-refractivity contribution in [2.24, 2.45) is 5.92 Å². The molecule has 0 aromatic carbocycles. The maximum absolute atomic E-state index is 5.66. The third kappa shape index (κ3) is 2.95. The lowest BCUT2D eigenvalue weighted by Crippen LogP contribution is -2.26. The molecule has 1 aliphatic rings. The van der Waals surface area contributed by atoms with E-state index in [9.17, 15) is 0 Å². The van der Waals surface area contributed by atoms with E-state index in [4.69, 9.17) is 9.47 Å². The van der Waals surface area contributed by atoms with Crippen LogP contribution in [0.2, 0.25) is 0 Å². The molecule has 0 amide bonds. The van der Waals surface area contributed by atoms with E-state index in [1.54, 1.807) is 0 Å². The Morgan fingerprint density at radius 2 is 2.17 bits per heavy atom. The summed E-state index contributed by atoms with van der Waals surface area (Å²) in [5, 5.41) is 0. The first-order chi connectivity index (χ1) is 5.51. The van der Waals surface area contributed by atoms with Crippen LogP contribution in [0, 0.1) is 5.92 Å². The van der Waals surface area contributed by atoms with Crippen molar-refractivity contribution in [3.05, 3.63) is 12.7 Å². The molecule has 2 nitrogen and oxygen atoms in total. The molecule has 0 aliphatic carbocycles. The number of rotatable bonds is 2. The van der Waals surface area contributed by atoms with E-state index in [0.717, 1.165) is 13.0 Å². The summed E-state index contributed by atoms with van der Waals surface area (Å²) >= 11 is 0. The van der Waals surface area contributed by atoms with Crippen molar-refractivity contribution < 1.29 is 9.47 Å². The highest BCUT2D eigenvalue weighted by molar-refractivity contribution is 4.83. The van der Waals surface area contributed by atoms with Crippen LogP contribution in [0.25, 0.3) is 0 Å². The van der Waals surface area contributed by atoms with Gasteiger partial charge in [0.05, 0.1) is 12.2 Å². The van der Waals surface area contributed by atoms with Crippen LogP contribution in [-0.4, -0.2) is 18.5 Å². The fourth-order valence-corrected chi connectivity index (χ4v) is 1.25. The molecule has 2 heteroatoms. The normalized spacial score (nSPS) is 30.6. The molecule has 1 rings (SSSR count). The summed E-state index contributed by atoms with van der Waals surface area (Å²) in [6, 6.07) is 0. The van der Waals surface area contributed by atoms with Gasteiger partial charge in [-0.2, -0.15) is 0 Å². The van der Waals surface area contributed by atoms with E-state index in [2.05, 4.69) is 6.58 Å².